The molecule has 1 aromatic heterocycles. The van der Waals surface area contributed by atoms with E-state index >= 15 is 0 Å². The first-order chi connectivity index (χ1) is 10.6. The number of rotatable bonds is 5. The number of ether oxygens (including phenoxy) is 1. The third-order valence-corrected chi connectivity index (χ3v) is 3.99. The second-order valence-corrected chi connectivity index (χ2v) is 5.62. The standard InChI is InChI=1S/C15H28N6O/c1-5-19(3)7-6-17-15(16-2)21-8-9-22-14(12-21)13-10-18-20(4)11-13/h10-11,14H,5-9,12H2,1-4H3,(H,16,17). The van der Waals surface area contributed by atoms with Crippen molar-refractivity contribution in [2.45, 2.75) is 13.0 Å². The highest BCUT2D eigenvalue weighted by atomic mass is 16.5. The maximum absolute atomic E-state index is 5.88. The smallest absolute Gasteiger partial charge is 0.193 e. The number of morpholine rings is 1. The second kappa shape index (κ2) is 8.14. The van der Waals surface area contributed by atoms with E-state index in [4.69, 9.17) is 4.74 Å². The number of nitrogens with zero attached hydrogens (tertiary/aromatic N) is 5. The van der Waals surface area contributed by atoms with Gasteiger partial charge in [0.1, 0.15) is 6.10 Å². The number of likely N-dealkylation sites (N-methyl/N-ethyl adjacent to an activating group) is 1. The minimum atomic E-state index is 0.0549. The molecular weight excluding hydrogens is 280 g/mol. The van der Waals surface area contributed by atoms with Crippen LogP contribution in [0.3, 0.4) is 0 Å². The Morgan fingerprint density at radius 1 is 1.59 bits per heavy atom. The predicted molar refractivity (Wildman–Crippen MR) is 88.0 cm³/mol. The molecule has 0 saturated carbocycles. The molecule has 0 amide bonds. The van der Waals surface area contributed by atoms with E-state index in [0.29, 0.717) is 6.61 Å². The minimum absolute atomic E-state index is 0.0549. The zero-order valence-electron chi connectivity index (χ0n) is 14.1. The van der Waals surface area contributed by atoms with Gasteiger partial charge in [-0.15, -0.1) is 0 Å². The maximum atomic E-state index is 5.88. The van der Waals surface area contributed by atoms with E-state index in [1.807, 2.05) is 31.2 Å². The monoisotopic (exact) mass is 308 g/mol. The summed E-state index contributed by atoms with van der Waals surface area (Å²) in [6, 6.07) is 0. The van der Waals surface area contributed by atoms with Gasteiger partial charge in [0.15, 0.2) is 5.96 Å². The van der Waals surface area contributed by atoms with Crippen LogP contribution in [-0.2, 0) is 11.8 Å². The Morgan fingerprint density at radius 2 is 2.41 bits per heavy atom. The molecule has 1 aliphatic rings. The third kappa shape index (κ3) is 4.45. The number of aliphatic imine (C=N–C) groups is 1. The van der Waals surface area contributed by atoms with Crippen molar-refractivity contribution in [3.63, 3.8) is 0 Å². The van der Waals surface area contributed by atoms with Gasteiger partial charge in [-0.1, -0.05) is 6.92 Å². The van der Waals surface area contributed by atoms with Crippen molar-refractivity contribution in [1.82, 2.24) is 24.9 Å². The van der Waals surface area contributed by atoms with Crippen LogP contribution >= 0.6 is 0 Å². The molecular formula is C15H28N6O. The Morgan fingerprint density at radius 3 is 3.05 bits per heavy atom. The summed E-state index contributed by atoms with van der Waals surface area (Å²) in [6.07, 6.45) is 3.94. The molecule has 1 fully saturated rings. The average molecular weight is 308 g/mol. The number of aromatic nitrogens is 2. The van der Waals surface area contributed by atoms with Crippen molar-refractivity contribution >= 4 is 5.96 Å². The van der Waals surface area contributed by atoms with E-state index in [1.54, 1.807) is 0 Å². The van der Waals surface area contributed by atoms with Gasteiger partial charge in [-0.2, -0.15) is 5.10 Å². The van der Waals surface area contributed by atoms with E-state index in [1.165, 1.54) is 0 Å². The van der Waals surface area contributed by atoms with Crippen LogP contribution in [0.5, 0.6) is 0 Å². The van der Waals surface area contributed by atoms with E-state index in [9.17, 15) is 0 Å². The van der Waals surface area contributed by atoms with Crippen molar-refractivity contribution in [2.75, 3.05) is 53.4 Å². The van der Waals surface area contributed by atoms with Gasteiger partial charge in [0, 0.05) is 45.5 Å². The van der Waals surface area contributed by atoms with Gasteiger partial charge >= 0.3 is 0 Å². The topological polar surface area (TPSA) is 57.9 Å². The molecule has 0 aliphatic carbocycles. The van der Waals surface area contributed by atoms with Crippen LogP contribution in [0.4, 0.5) is 0 Å². The lowest BCUT2D eigenvalue weighted by atomic mass is 10.1. The first-order valence-electron chi connectivity index (χ1n) is 7.88. The summed E-state index contributed by atoms with van der Waals surface area (Å²) in [5, 5.41) is 7.67. The van der Waals surface area contributed by atoms with Crippen LogP contribution in [0.25, 0.3) is 0 Å². The SMILES string of the molecule is CCN(C)CCNC(=NC)N1CCOC(c2cnn(C)c2)C1. The highest BCUT2D eigenvalue weighted by Gasteiger charge is 2.24. The lowest BCUT2D eigenvalue weighted by molar-refractivity contribution is -0.00803. The summed E-state index contributed by atoms with van der Waals surface area (Å²) < 4.78 is 7.69. The van der Waals surface area contributed by atoms with Crippen molar-refractivity contribution in [2.24, 2.45) is 12.0 Å². The summed E-state index contributed by atoms with van der Waals surface area (Å²) in [7, 11) is 5.88. The van der Waals surface area contributed by atoms with Gasteiger partial charge in [0.25, 0.3) is 0 Å². The van der Waals surface area contributed by atoms with Gasteiger partial charge in [-0.25, -0.2) is 0 Å². The first kappa shape index (κ1) is 16.8. The van der Waals surface area contributed by atoms with Crippen molar-refractivity contribution in [3.05, 3.63) is 18.0 Å². The molecule has 1 saturated heterocycles. The molecule has 1 atom stereocenters. The average Bonchev–Trinajstić information content (AvgIpc) is 2.98. The van der Waals surface area contributed by atoms with Gasteiger partial charge in [0.05, 0.1) is 19.3 Å². The zero-order chi connectivity index (χ0) is 15.9. The normalized spacial score (nSPS) is 19.8. The van der Waals surface area contributed by atoms with Crippen LogP contribution < -0.4 is 5.32 Å². The second-order valence-electron chi connectivity index (χ2n) is 5.62. The number of aryl methyl sites for hydroxylation is 1. The molecule has 7 heteroatoms. The molecule has 1 unspecified atom stereocenters. The van der Waals surface area contributed by atoms with E-state index in [0.717, 1.165) is 44.2 Å². The zero-order valence-corrected chi connectivity index (χ0v) is 14.1. The molecule has 0 spiro atoms. The lowest BCUT2D eigenvalue weighted by Gasteiger charge is -2.35. The molecule has 1 aliphatic heterocycles. The largest absolute Gasteiger partial charge is 0.370 e. The number of guanidine groups is 1. The summed E-state index contributed by atoms with van der Waals surface area (Å²) >= 11 is 0. The molecule has 7 nitrogen and oxygen atoms in total. The van der Waals surface area contributed by atoms with Crippen LogP contribution in [0.15, 0.2) is 17.4 Å². The third-order valence-electron chi connectivity index (χ3n) is 3.99. The minimum Gasteiger partial charge on any atom is -0.370 e. The molecule has 0 aromatic carbocycles. The molecule has 1 N–H and O–H groups in total. The maximum Gasteiger partial charge on any atom is 0.193 e. The highest BCUT2D eigenvalue weighted by molar-refractivity contribution is 5.80. The summed E-state index contributed by atoms with van der Waals surface area (Å²) in [5.41, 5.74) is 1.12. The van der Waals surface area contributed by atoms with E-state index in [2.05, 4.69) is 39.2 Å². The van der Waals surface area contributed by atoms with Gasteiger partial charge in [-0.05, 0) is 13.6 Å². The Kier molecular flexibility index (Phi) is 6.21. The Bertz CT molecular complexity index is 486. The van der Waals surface area contributed by atoms with E-state index in [-0.39, 0.29) is 6.10 Å². The summed E-state index contributed by atoms with van der Waals surface area (Å²) in [4.78, 5) is 8.94. The fraction of sp³-hybridized carbons (Fsp3) is 0.733. The molecule has 0 bridgehead atoms. The first-order valence-corrected chi connectivity index (χ1v) is 7.88. The quantitative estimate of drug-likeness (QED) is 0.627. The molecule has 124 valence electrons. The molecule has 1 aromatic rings. The number of nitrogens with one attached hydrogen (secondary N) is 1. The predicted octanol–water partition coefficient (Wildman–Crippen LogP) is 0.321. The lowest BCUT2D eigenvalue weighted by Crippen LogP contribution is -2.49. The Hall–Kier alpha value is -1.60. The van der Waals surface area contributed by atoms with Crippen molar-refractivity contribution in [1.29, 1.82) is 0 Å². The van der Waals surface area contributed by atoms with Crippen LogP contribution in [0.2, 0.25) is 0 Å². The summed E-state index contributed by atoms with van der Waals surface area (Å²) in [6.45, 7) is 7.48. The van der Waals surface area contributed by atoms with Gasteiger partial charge < -0.3 is 19.9 Å². The van der Waals surface area contributed by atoms with Gasteiger partial charge in [-0.3, -0.25) is 9.67 Å². The summed E-state index contributed by atoms with van der Waals surface area (Å²) in [5.74, 6) is 0.946. The molecule has 2 heterocycles. The fourth-order valence-electron chi connectivity index (χ4n) is 2.50. The number of hydrogen-bond donors (Lipinski definition) is 1. The molecule has 22 heavy (non-hydrogen) atoms. The van der Waals surface area contributed by atoms with Crippen LogP contribution in [0.1, 0.15) is 18.6 Å². The Labute approximate surface area is 132 Å². The molecule has 2 rings (SSSR count). The Balaban J connectivity index is 1.89. The van der Waals surface area contributed by atoms with E-state index < -0.39 is 0 Å². The fourth-order valence-corrected chi connectivity index (χ4v) is 2.50. The van der Waals surface area contributed by atoms with Crippen molar-refractivity contribution < 1.29 is 4.74 Å². The van der Waals surface area contributed by atoms with Gasteiger partial charge in [0.2, 0.25) is 0 Å². The van der Waals surface area contributed by atoms with Crippen LogP contribution in [0, 0.1) is 0 Å². The molecule has 0 radical (unpaired) electrons. The highest BCUT2D eigenvalue weighted by Crippen LogP contribution is 2.21. The number of hydrogen-bond acceptors (Lipinski definition) is 4. The van der Waals surface area contributed by atoms with Crippen molar-refractivity contribution in [3.8, 4) is 0 Å². The van der Waals surface area contributed by atoms with Crippen LogP contribution in [-0.4, -0.2) is 79.0 Å².